The average Bonchev–Trinajstić information content (AvgIpc) is 3.04. The van der Waals surface area contributed by atoms with Crippen molar-refractivity contribution in [3.05, 3.63) is 46.5 Å². The lowest BCUT2D eigenvalue weighted by atomic mass is 10.3. The largest absolute Gasteiger partial charge is 0.482 e. The van der Waals surface area contributed by atoms with Crippen molar-refractivity contribution >= 4 is 29.1 Å². The van der Waals surface area contributed by atoms with Gasteiger partial charge in [0.05, 0.1) is 5.02 Å². The van der Waals surface area contributed by atoms with Gasteiger partial charge < -0.3 is 14.2 Å². The Balaban J connectivity index is 1.41. The average molecular weight is 397 g/mol. The fourth-order valence-electron chi connectivity index (χ4n) is 2.93. The Morgan fingerprint density at radius 1 is 1.19 bits per heavy atom. The predicted molar refractivity (Wildman–Crippen MR) is 102 cm³/mol. The van der Waals surface area contributed by atoms with E-state index in [0.29, 0.717) is 28.9 Å². The highest BCUT2D eigenvalue weighted by Crippen LogP contribution is 2.27. The lowest BCUT2D eigenvalue weighted by Crippen LogP contribution is -2.50. The maximum atomic E-state index is 12.3. The minimum atomic E-state index is -0.0267. The van der Waals surface area contributed by atoms with Crippen LogP contribution in [0.15, 0.2) is 30.6 Å². The molecule has 1 aliphatic heterocycles. The normalized spacial score (nSPS) is 15.3. The van der Waals surface area contributed by atoms with Crippen molar-refractivity contribution in [3.8, 4) is 5.75 Å². The molecule has 140 valence electrons. The molecule has 1 fully saturated rings. The van der Waals surface area contributed by atoms with E-state index in [0.717, 1.165) is 32.0 Å². The first-order chi connectivity index (χ1) is 12.5. The fourth-order valence-corrected chi connectivity index (χ4v) is 3.40. The number of amides is 1. The number of aryl methyl sites for hydroxylation is 1. The summed E-state index contributed by atoms with van der Waals surface area (Å²) in [6, 6.07) is 4.96. The Bertz CT molecular complexity index is 757. The summed E-state index contributed by atoms with van der Waals surface area (Å²) in [5, 5.41) is 0.945. The van der Waals surface area contributed by atoms with E-state index in [1.54, 1.807) is 18.2 Å². The number of hydrogen-bond donors (Lipinski definition) is 0. The van der Waals surface area contributed by atoms with E-state index < -0.39 is 0 Å². The van der Waals surface area contributed by atoms with Gasteiger partial charge >= 0.3 is 0 Å². The Labute approximate surface area is 163 Å². The first kappa shape index (κ1) is 19.0. The molecule has 2 aromatic rings. The van der Waals surface area contributed by atoms with Gasteiger partial charge in [-0.25, -0.2) is 4.98 Å². The number of carbonyl (C=O) groups is 1. The molecule has 1 aromatic heterocycles. The third-order valence-corrected chi connectivity index (χ3v) is 5.08. The van der Waals surface area contributed by atoms with Gasteiger partial charge in [0.2, 0.25) is 0 Å². The number of halogens is 2. The summed E-state index contributed by atoms with van der Waals surface area (Å²) >= 11 is 11.9. The molecule has 0 atom stereocenters. The van der Waals surface area contributed by atoms with Gasteiger partial charge in [0.15, 0.2) is 6.61 Å². The molecule has 8 heteroatoms. The van der Waals surface area contributed by atoms with Crippen molar-refractivity contribution in [2.24, 2.45) is 0 Å². The molecule has 1 saturated heterocycles. The van der Waals surface area contributed by atoms with Crippen molar-refractivity contribution in [1.29, 1.82) is 0 Å². The summed E-state index contributed by atoms with van der Waals surface area (Å²) in [7, 11) is 0. The molecule has 1 aliphatic rings. The second kappa shape index (κ2) is 8.75. The third-order valence-electron chi connectivity index (χ3n) is 4.55. The summed E-state index contributed by atoms with van der Waals surface area (Å²) < 4.78 is 7.68. The second-order valence-electron chi connectivity index (χ2n) is 6.25. The number of aromatic nitrogens is 2. The number of hydrogen-bond acceptors (Lipinski definition) is 4. The number of imidazole rings is 1. The SMILES string of the molecule is Cc1nccn1CCN1CCN(C(=O)COc2ccc(Cl)cc2Cl)CC1. The molecule has 3 rings (SSSR count). The highest BCUT2D eigenvalue weighted by molar-refractivity contribution is 6.35. The van der Waals surface area contributed by atoms with Gasteiger partial charge in [-0.15, -0.1) is 0 Å². The van der Waals surface area contributed by atoms with Crippen molar-refractivity contribution in [2.75, 3.05) is 39.3 Å². The smallest absolute Gasteiger partial charge is 0.260 e. The summed E-state index contributed by atoms with van der Waals surface area (Å²) in [6.07, 6.45) is 3.81. The van der Waals surface area contributed by atoms with Gasteiger partial charge in [0.25, 0.3) is 5.91 Å². The number of ether oxygens (including phenoxy) is 1. The summed E-state index contributed by atoms with van der Waals surface area (Å²) in [6.45, 7) is 6.99. The van der Waals surface area contributed by atoms with Crippen LogP contribution in [0.2, 0.25) is 10.0 Å². The van der Waals surface area contributed by atoms with Crippen LogP contribution < -0.4 is 4.74 Å². The molecule has 0 radical (unpaired) electrons. The Kier molecular flexibility index (Phi) is 6.40. The highest BCUT2D eigenvalue weighted by Gasteiger charge is 2.21. The molecule has 26 heavy (non-hydrogen) atoms. The maximum absolute atomic E-state index is 12.3. The van der Waals surface area contributed by atoms with Crippen molar-refractivity contribution in [1.82, 2.24) is 19.4 Å². The summed E-state index contributed by atoms with van der Waals surface area (Å²) in [5.74, 6) is 1.47. The Hall–Kier alpha value is -1.76. The zero-order chi connectivity index (χ0) is 18.5. The minimum Gasteiger partial charge on any atom is -0.482 e. The lowest BCUT2D eigenvalue weighted by Gasteiger charge is -2.34. The molecule has 1 amide bonds. The molecule has 6 nitrogen and oxygen atoms in total. The molecular formula is C18H22Cl2N4O2. The van der Waals surface area contributed by atoms with Crippen LogP contribution in [0.5, 0.6) is 5.75 Å². The van der Waals surface area contributed by atoms with Crippen LogP contribution in [-0.2, 0) is 11.3 Å². The topological polar surface area (TPSA) is 50.6 Å². The third kappa shape index (κ3) is 4.90. The van der Waals surface area contributed by atoms with Gasteiger partial charge in [-0.05, 0) is 25.1 Å². The summed E-state index contributed by atoms with van der Waals surface area (Å²) in [5.41, 5.74) is 0. The fraction of sp³-hybridized carbons (Fsp3) is 0.444. The van der Waals surface area contributed by atoms with Gasteiger partial charge in [0, 0.05) is 56.7 Å². The number of benzene rings is 1. The van der Waals surface area contributed by atoms with Gasteiger partial charge in [0.1, 0.15) is 11.6 Å². The van der Waals surface area contributed by atoms with Crippen LogP contribution in [0.4, 0.5) is 0 Å². The molecule has 2 heterocycles. The minimum absolute atomic E-state index is 0.0183. The van der Waals surface area contributed by atoms with E-state index in [9.17, 15) is 4.79 Å². The lowest BCUT2D eigenvalue weighted by molar-refractivity contribution is -0.135. The van der Waals surface area contributed by atoms with Crippen molar-refractivity contribution in [2.45, 2.75) is 13.5 Å². The second-order valence-corrected chi connectivity index (χ2v) is 7.10. The van der Waals surface area contributed by atoms with Crippen LogP contribution in [0.1, 0.15) is 5.82 Å². The van der Waals surface area contributed by atoms with Crippen LogP contribution in [0.25, 0.3) is 0 Å². The molecule has 0 aliphatic carbocycles. The van der Waals surface area contributed by atoms with E-state index in [1.807, 2.05) is 24.2 Å². The zero-order valence-corrected chi connectivity index (χ0v) is 16.2. The van der Waals surface area contributed by atoms with Crippen LogP contribution in [-0.4, -0.2) is 64.6 Å². The number of rotatable bonds is 6. The van der Waals surface area contributed by atoms with Crippen LogP contribution in [0, 0.1) is 6.92 Å². The molecule has 0 N–H and O–H groups in total. The summed E-state index contributed by atoms with van der Waals surface area (Å²) in [4.78, 5) is 20.8. The van der Waals surface area contributed by atoms with Crippen LogP contribution in [0.3, 0.4) is 0 Å². The molecule has 0 bridgehead atoms. The van der Waals surface area contributed by atoms with Gasteiger partial charge in [-0.3, -0.25) is 9.69 Å². The van der Waals surface area contributed by atoms with Crippen molar-refractivity contribution < 1.29 is 9.53 Å². The molecule has 1 aromatic carbocycles. The Morgan fingerprint density at radius 2 is 1.96 bits per heavy atom. The Morgan fingerprint density at radius 3 is 2.62 bits per heavy atom. The zero-order valence-electron chi connectivity index (χ0n) is 14.7. The van der Waals surface area contributed by atoms with Gasteiger partial charge in [-0.2, -0.15) is 0 Å². The number of piperazine rings is 1. The molecular weight excluding hydrogens is 375 g/mol. The monoisotopic (exact) mass is 396 g/mol. The maximum Gasteiger partial charge on any atom is 0.260 e. The first-order valence-electron chi connectivity index (χ1n) is 8.58. The van der Waals surface area contributed by atoms with E-state index in [4.69, 9.17) is 27.9 Å². The van der Waals surface area contributed by atoms with Gasteiger partial charge in [-0.1, -0.05) is 23.2 Å². The van der Waals surface area contributed by atoms with E-state index >= 15 is 0 Å². The molecule has 0 spiro atoms. The highest BCUT2D eigenvalue weighted by atomic mass is 35.5. The number of carbonyl (C=O) groups excluding carboxylic acids is 1. The van der Waals surface area contributed by atoms with E-state index in [-0.39, 0.29) is 12.5 Å². The van der Waals surface area contributed by atoms with E-state index in [2.05, 4.69) is 14.5 Å². The van der Waals surface area contributed by atoms with E-state index in [1.165, 1.54) is 0 Å². The number of nitrogens with zero attached hydrogens (tertiary/aromatic N) is 4. The molecule has 0 unspecified atom stereocenters. The van der Waals surface area contributed by atoms with Crippen molar-refractivity contribution in [3.63, 3.8) is 0 Å². The van der Waals surface area contributed by atoms with Crippen LogP contribution >= 0.6 is 23.2 Å². The predicted octanol–water partition coefficient (Wildman–Crippen LogP) is 2.72. The first-order valence-corrected chi connectivity index (χ1v) is 9.34. The molecule has 0 saturated carbocycles. The standard InChI is InChI=1S/C18H22Cl2N4O2/c1-14-21-4-5-23(14)9-6-22-7-10-24(11-8-22)18(25)13-26-17-3-2-15(19)12-16(17)20/h2-5,12H,6-11,13H2,1H3. The quantitative estimate of drug-likeness (QED) is 0.752.